The third kappa shape index (κ3) is 2.93. The predicted octanol–water partition coefficient (Wildman–Crippen LogP) is 3.07. The van der Waals surface area contributed by atoms with E-state index >= 15 is 0 Å². The van der Waals surface area contributed by atoms with Gasteiger partial charge >= 0.3 is 0 Å². The molecule has 1 aromatic rings. The minimum Gasteiger partial charge on any atom is -0.493 e. The van der Waals surface area contributed by atoms with Crippen LogP contribution in [0.25, 0.3) is 0 Å². The zero-order valence-electron chi connectivity index (χ0n) is 11.5. The fourth-order valence-electron chi connectivity index (χ4n) is 1.90. The van der Waals surface area contributed by atoms with Gasteiger partial charge in [-0.2, -0.15) is 0 Å². The molecular formula is C14H21NO2S. The highest BCUT2D eigenvalue weighted by molar-refractivity contribution is 7.98. The van der Waals surface area contributed by atoms with Crippen molar-refractivity contribution >= 4 is 11.8 Å². The highest BCUT2D eigenvalue weighted by atomic mass is 32.2. The highest BCUT2D eigenvalue weighted by Crippen LogP contribution is 2.37. The summed E-state index contributed by atoms with van der Waals surface area (Å²) < 4.78 is 10.7. The van der Waals surface area contributed by atoms with Crippen LogP contribution < -0.4 is 14.8 Å². The van der Waals surface area contributed by atoms with E-state index in [9.17, 15) is 0 Å². The Morgan fingerprint density at radius 2 is 1.83 bits per heavy atom. The SMILES string of the molecule is COc1cc(CNC2(C)CC2)c(SC)cc1OC. The van der Waals surface area contributed by atoms with Crippen LogP contribution in [0.3, 0.4) is 0 Å². The van der Waals surface area contributed by atoms with Crippen molar-refractivity contribution in [3.8, 4) is 11.5 Å². The van der Waals surface area contributed by atoms with Crippen molar-refractivity contribution in [1.82, 2.24) is 5.32 Å². The zero-order valence-corrected chi connectivity index (χ0v) is 12.3. The average Bonchev–Trinajstić information content (AvgIpc) is 3.13. The van der Waals surface area contributed by atoms with Gasteiger partial charge < -0.3 is 14.8 Å². The van der Waals surface area contributed by atoms with Crippen LogP contribution in [0, 0.1) is 0 Å². The van der Waals surface area contributed by atoms with E-state index in [1.165, 1.54) is 23.3 Å². The molecule has 1 aliphatic rings. The topological polar surface area (TPSA) is 30.5 Å². The van der Waals surface area contributed by atoms with Gasteiger partial charge in [0, 0.05) is 17.0 Å². The number of rotatable bonds is 6. The molecule has 0 unspecified atom stereocenters. The minimum absolute atomic E-state index is 0.350. The van der Waals surface area contributed by atoms with Gasteiger partial charge in [0.15, 0.2) is 11.5 Å². The third-order valence-corrected chi connectivity index (χ3v) is 4.31. The molecule has 3 nitrogen and oxygen atoms in total. The zero-order chi connectivity index (χ0) is 13.2. The van der Waals surface area contributed by atoms with E-state index in [0.717, 1.165) is 18.0 Å². The van der Waals surface area contributed by atoms with Gasteiger partial charge in [-0.25, -0.2) is 0 Å². The molecule has 2 rings (SSSR count). The molecule has 18 heavy (non-hydrogen) atoms. The van der Waals surface area contributed by atoms with Crippen molar-refractivity contribution in [2.24, 2.45) is 0 Å². The van der Waals surface area contributed by atoms with Gasteiger partial charge in [-0.05, 0) is 43.7 Å². The van der Waals surface area contributed by atoms with Crippen molar-refractivity contribution in [3.05, 3.63) is 17.7 Å². The molecule has 0 radical (unpaired) electrons. The first-order valence-corrected chi connectivity index (χ1v) is 7.38. The van der Waals surface area contributed by atoms with E-state index in [0.29, 0.717) is 5.54 Å². The summed E-state index contributed by atoms with van der Waals surface area (Å²) in [5.74, 6) is 1.59. The first kappa shape index (κ1) is 13.6. The van der Waals surface area contributed by atoms with Crippen LogP contribution in [0.2, 0.25) is 0 Å². The van der Waals surface area contributed by atoms with Gasteiger partial charge in [-0.15, -0.1) is 11.8 Å². The Morgan fingerprint density at radius 3 is 2.33 bits per heavy atom. The molecule has 0 heterocycles. The van der Waals surface area contributed by atoms with Crippen molar-refractivity contribution < 1.29 is 9.47 Å². The summed E-state index contributed by atoms with van der Waals surface area (Å²) in [6.07, 6.45) is 4.63. The summed E-state index contributed by atoms with van der Waals surface area (Å²) in [6, 6.07) is 4.12. The summed E-state index contributed by atoms with van der Waals surface area (Å²) in [4.78, 5) is 1.24. The summed E-state index contributed by atoms with van der Waals surface area (Å²) in [7, 11) is 3.35. The van der Waals surface area contributed by atoms with E-state index in [1.807, 2.05) is 0 Å². The Kier molecular flexibility index (Phi) is 4.07. The van der Waals surface area contributed by atoms with E-state index in [-0.39, 0.29) is 0 Å². The van der Waals surface area contributed by atoms with Crippen molar-refractivity contribution in [2.75, 3.05) is 20.5 Å². The van der Waals surface area contributed by atoms with Gasteiger partial charge in [0.25, 0.3) is 0 Å². The van der Waals surface area contributed by atoms with Crippen LogP contribution >= 0.6 is 11.8 Å². The monoisotopic (exact) mass is 267 g/mol. The van der Waals surface area contributed by atoms with E-state index in [4.69, 9.17) is 9.47 Å². The van der Waals surface area contributed by atoms with E-state index in [2.05, 4.69) is 30.6 Å². The first-order valence-electron chi connectivity index (χ1n) is 6.16. The van der Waals surface area contributed by atoms with Crippen LogP contribution in [-0.4, -0.2) is 26.0 Å². The standard InChI is InChI=1S/C14H21NO2S/c1-14(5-6-14)15-9-10-7-11(16-2)12(17-3)8-13(10)18-4/h7-8,15H,5-6,9H2,1-4H3. The molecule has 100 valence electrons. The predicted molar refractivity (Wildman–Crippen MR) is 75.8 cm³/mol. The number of hydrogen-bond acceptors (Lipinski definition) is 4. The lowest BCUT2D eigenvalue weighted by Gasteiger charge is -2.16. The molecule has 0 atom stereocenters. The van der Waals surface area contributed by atoms with Gasteiger partial charge in [0.05, 0.1) is 14.2 Å². The number of hydrogen-bond donors (Lipinski definition) is 1. The lowest BCUT2D eigenvalue weighted by Crippen LogP contribution is -2.27. The highest BCUT2D eigenvalue weighted by Gasteiger charge is 2.36. The molecule has 1 aromatic carbocycles. The lowest BCUT2D eigenvalue weighted by atomic mass is 10.1. The number of thioether (sulfide) groups is 1. The summed E-state index contributed by atoms with van der Waals surface area (Å²) in [6.45, 7) is 3.15. The van der Waals surface area contributed by atoms with Gasteiger partial charge in [-0.3, -0.25) is 0 Å². The lowest BCUT2D eigenvalue weighted by molar-refractivity contribution is 0.353. The maximum absolute atomic E-state index is 5.36. The normalized spacial score (nSPS) is 16.4. The summed E-state index contributed by atoms with van der Waals surface area (Å²) >= 11 is 1.74. The van der Waals surface area contributed by atoms with Crippen LogP contribution in [-0.2, 0) is 6.54 Å². The summed E-state index contributed by atoms with van der Waals surface area (Å²) in [5.41, 5.74) is 1.62. The molecular weight excluding hydrogens is 246 g/mol. The molecule has 1 N–H and O–H groups in total. The van der Waals surface area contributed by atoms with Crippen LogP contribution in [0.5, 0.6) is 11.5 Å². The van der Waals surface area contributed by atoms with Crippen LogP contribution in [0.1, 0.15) is 25.3 Å². The Labute approximate surface area is 113 Å². The van der Waals surface area contributed by atoms with Crippen molar-refractivity contribution in [2.45, 2.75) is 36.7 Å². The fourth-order valence-corrected chi connectivity index (χ4v) is 2.52. The second kappa shape index (κ2) is 5.41. The second-order valence-electron chi connectivity index (χ2n) is 4.93. The van der Waals surface area contributed by atoms with Crippen LogP contribution in [0.15, 0.2) is 17.0 Å². The minimum atomic E-state index is 0.350. The molecule has 1 fully saturated rings. The smallest absolute Gasteiger partial charge is 0.161 e. The molecule has 1 saturated carbocycles. The first-order chi connectivity index (χ1) is 8.61. The quantitative estimate of drug-likeness (QED) is 0.802. The largest absolute Gasteiger partial charge is 0.493 e. The second-order valence-corrected chi connectivity index (χ2v) is 5.78. The molecule has 0 bridgehead atoms. The number of nitrogens with one attached hydrogen (secondary N) is 1. The van der Waals surface area contributed by atoms with Crippen molar-refractivity contribution in [1.29, 1.82) is 0 Å². The van der Waals surface area contributed by atoms with E-state index < -0.39 is 0 Å². The van der Waals surface area contributed by atoms with Crippen molar-refractivity contribution in [3.63, 3.8) is 0 Å². The van der Waals surface area contributed by atoms with Crippen LogP contribution in [0.4, 0.5) is 0 Å². The Morgan fingerprint density at radius 1 is 1.22 bits per heavy atom. The van der Waals surface area contributed by atoms with Gasteiger partial charge in [0.1, 0.15) is 0 Å². The Bertz CT molecular complexity index is 430. The molecule has 0 aromatic heterocycles. The molecule has 4 heteroatoms. The van der Waals surface area contributed by atoms with Gasteiger partial charge in [0.2, 0.25) is 0 Å². The number of benzene rings is 1. The third-order valence-electron chi connectivity index (χ3n) is 3.49. The van der Waals surface area contributed by atoms with E-state index in [1.54, 1.807) is 26.0 Å². The maximum Gasteiger partial charge on any atom is 0.161 e. The maximum atomic E-state index is 5.36. The number of ether oxygens (including phenoxy) is 2. The molecule has 0 saturated heterocycles. The molecule has 0 aliphatic heterocycles. The van der Waals surface area contributed by atoms with Gasteiger partial charge in [-0.1, -0.05) is 0 Å². The fraction of sp³-hybridized carbons (Fsp3) is 0.571. The molecule has 0 amide bonds. The average molecular weight is 267 g/mol. The molecule has 1 aliphatic carbocycles. The Balaban J connectivity index is 2.20. The summed E-state index contributed by atoms with van der Waals surface area (Å²) in [5, 5.41) is 3.60. The number of methoxy groups -OCH3 is 2. The Hall–Kier alpha value is -0.870. The molecule has 0 spiro atoms.